The fourth-order valence-corrected chi connectivity index (χ4v) is 0.417. The molecule has 0 atom stereocenters. The van der Waals surface area contributed by atoms with Crippen LogP contribution in [0, 0.1) is 10.1 Å². The summed E-state index contributed by atoms with van der Waals surface area (Å²) in [5.41, 5.74) is 15.8. The van der Waals surface area contributed by atoms with Gasteiger partial charge in [-0.1, -0.05) is 0 Å². The van der Waals surface area contributed by atoms with Crippen molar-refractivity contribution in [2.75, 3.05) is 0 Å². The molecule has 1 aromatic heterocycles. The summed E-state index contributed by atoms with van der Waals surface area (Å²) in [4.78, 5) is 16.7. The van der Waals surface area contributed by atoms with Gasteiger partial charge in [0.2, 0.25) is 11.9 Å². The molecule has 0 fully saturated rings. The lowest BCUT2D eigenvalue weighted by Crippen LogP contribution is -1.81. The van der Waals surface area contributed by atoms with Gasteiger partial charge in [0, 0.05) is 9.82 Å². The molecule has 0 amide bonds. The summed E-state index contributed by atoms with van der Waals surface area (Å²) in [6.07, 6.45) is 0. The van der Waals surface area contributed by atoms with Crippen LogP contribution >= 0.6 is 0 Å². The van der Waals surface area contributed by atoms with Gasteiger partial charge in [-0.3, -0.25) is 5.10 Å². The van der Waals surface area contributed by atoms with Crippen LogP contribution < -0.4 is 0 Å². The fraction of sp³-hybridized carbons (Fsp3) is 0. The van der Waals surface area contributed by atoms with Crippen LogP contribution in [0.2, 0.25) is 0 Å². The molecule has 78 valence electrons. The molecule has 0 unspecified atom stereocenters. The lowest BCUT2D eigenvalue weighted by molar-refractivity contribution is -0.742. The highest BCUT2D eigenvalue weighted by atomic mass is 16.9. The smallest absolute Gasteiger partial charge is 0.291 e. The van der Waals surface area contributed by atoms with E-state index >= 15 is 0 Å². The summed E-state index contributed by atoms with van der Waals surface area (Å²) in [6, 6.07) is 0. The molecule has 1 aromatic rings. The molecule has 1 heterocycles. The van der Waals surface area contributed by atoms with Gasteiger partial charge in [-0.2, -0.15) is 5.10 Å². The molecule has 0 bridgehead atoms. The number of nitrogens with zero attached hydrogens (tertiary/aromatic N) is 9. The second-order valence-electron chi connectivity index (χ2n) is 1.58. The molecule has 13 nitrogen and oxygen atoms in total. The van der Waals surface area contributed by atoms with E-state index in [1.165, 1.54) is 0 Å². The molecule has 0 saturated heterocycles. The third kappa shape index (κ3) is 6.15. The van der Waals surface area contributed by atoms with E-state index in [-0.39, 0.29) is 11.9 Å². The van der Waals surface area contributed by atoms with Gasteiger partial charge in [-0.25, -0.2) is 4.98 Å². The third-order valence-corrected chi connectivity index (χ3v) is 0.735. The van der Waals surface area contributed by atoms with E-state index in [1.54, 1.807) is 0 Å². The van der Waals surface area contributed by atoms with Crippen LogP contribution in [0.4, 0.5) is 11.9 Å². The molecule has 0 aliphatic heterocycles. The van der Waals surface area contributed by atoms with E-state index < -0.39 is 5.09 Å². The fourth-order valence-electron chi connectivity index (χ4n) is 0.417. The predicted molar refractivity (Wildman–Crippen MR) is 42.8 cm³/mol. The molecule has 2 N–H and O–H groups in total. The van der Waals surface area contributed by atoms with E-state index in [1.807, 2.05) is 0 Å². The van der Waals surface area contributed by atoms with Crippen molar-refractivity contribution in [1.29, 1.82) is 0 Å². The second kappa shape index (κ2) is 6.47. The van der Waals surface area contributed by atoms with E-state index in [2.05, 4.69) is 35.2 Å². The molecular formula is C2H2N10O3. The molecule has 0 saturated carbocycles. The summed E-state index contributed by atoms with van der Waals surface area (Å²) < 4.78 is 0. The highest BCUT2D eigenvalue weighted by Crippen LogP contribution is 2.08. The zero-order chi connectivity index (χ0) is 11.7. The number of nitrogens with one attached hydrogen (secondary N) is 1. The van der Waals surface area contributed by atoms with Crippen molar-refractivity contribution in [3.8, 4) is 0 Å². The molecule has 0 aromatic carbocycles. The zero-order valence-electron chi connectivity index (χ0n) is 6.79. The minimum Gasteiger partial charge on any atom is -0.328 e. The van der Waals surface area contributed by atoms with E-state index in [4.69, 9.17) is 26.4 Å². The van der Waals surface area contributed by atoms with Crippen molar-refractivity contribution >= 4 is 11.9 Å². The van der Waals surface area contributed by atoms with Gasteiger partial charge < -0.3 is 5.21 Å². The number of aromatic nitrogens is 3. The van der Waals surface area contributed by atoms with Gasteiger partial charge in [-0.05, 0) is 21.3 Å². The van der Waals surface area contributed by atoms with Crippen LogP contribution in [0.15, 0.2) is 10.2 Å². The number of rotatable bonds is 2. The normalized spacial score (nSPS) is 7.47. The van der Waals surface area contributed by atoms with Gasteiger partial charge in [0.1, 0.15) is 0 Å². The molecular weight excluding hydrogens is 212 g/mol. The highest BCUT2D eigenvalue weighted by molar-refractivity contribution is 5.22. The van der Waals surface area contributed by atoms with Crippen LogP contribution in [-0.2, 0) is 0 Å². The van der Waals surface area contributed by atoms with Crippen LogP contribution in [-0.4, -0.2) is 25.5 Å². The minimum atomic E-state index is -1.50. The maximum Gasteiger partial charge on any atom is 0.291 e. The summed E-state index contributed by atoms with van der Waals surface area (Å²) in [7, 11) is 0. The van der Waals surface area contributed by atoms with Gasteiger partial charge in [-0.15, -0.1) is 10.1 Å². The van der Waals surface area contributed by atoms with E-state index in [9.17, 15) is 0 Å². The van der Waals surface area contributed by atoms with E-state index in [0.717, 1.165) is 0 Å². The second-order valence-corrected chi connectivity index (χ2v) is 1.58. The quantitative estimate of drug-likeness (QED) is 0.245. The summed E-state index contributed by atoms with van der Waals surface area (Å²) >= 11 is 0. The molecule has 15 heavy (non-hydrogen) atoms. The third-order valence-electron chi connectivity index (χ3n) is 0.735. The summed E-state index contributed by atoms with van der Waals surface area (Å²) in [5.74, 6) is -0.134. The Kier molecular flexibility index (Phi) is 5.16. The molecule has 13 heteroatoms. The van der Waals surface area contributed by atoms with Crippen molar-refractivity contribution in [2.24, 2.45) is 10.2 Å². The highest BCUT2D eigenvalue weighted by Gasteiger charge is 1.95. The molecule has 0 aliphatic carbocycles. The molecule has 0 radical (unpaired) electrons. The Labute approximate surface area is 79.7 Å². The van der Waals surface area contributed by atoms with Gasteiger partial charge in [0.05, 0.1) is 0 Å². The number of azide groups is 2. The first kappa shape index (κ1) is 12.0. The van der Waals surface area contributed by atoms with Gasteiger partial charge in [0.15, 0.2) is 0 Å². The zero-order valence-corrected chi connectivity index (χ0v) is 6.79. The average Bonchev–Trinajstić information content (AvgIpc) is 2.53. The van der Waals surface area contributed by atoms with Crippen molar-refractivity contribution in [1.82, 2.24) is 15.2 Å². The predicted octanol–water partition coefficient (Wildman–Crippen LogP) is 1.34. The Balaban J connectivity index is 0.000000423. The van der Waals surface area contributed by atoms with Crippen LogP contribution in [0.1, 0.15) is 0 Å². The lowest BCUT2D eigenvalue weighted by atomic mass is 11.0. The summed E-state index contributed by atoms with van der Waals surface area (Å²) in [5, 5.41) is 25.4. The van der Waals surface area contributed by atoms with Gasteiger partial charge in [0.25, 0.3) is 5.09 Å². The maximum absolute atomic E-state index is 8.36. The molecule has 0 spiro atoms. The number of hydrogen-bond acceptors (Lipinski definition) is 6. The number of hydrogen-bond donors (Lipinski definition) is 2. The van der Waals surface area contributed by atoms with Crippen molar-refractivity contribution in [3.63, 3.8) is 0 Å². The van der Waals surface area contributed by atoms with Crippen LogP contribution in [0.25, 0.3) is 20.9 Å². The summed E-state index contributed by atoms with van der Waals surface area (Å²) in [6.45, 7) is 0. The van der Waals surface area contributed by atoms with Crippen molar-refractivity contribution in [2.45, 2.75) is 0 Å². The average molecular weight is 214 g/mol. The largest absolute Gasteiger partial charge is 0.328 e. The molecule has 1 rings (SSSR count). The first-order chi connectivity index (χ1) is 7.10. The van der Waals surface area contributed by atoms with Crippen molar-refractivity contribution in [3.05, 3.63) is 31.0 Å². The van der Waals surface area contributed by atoms with Gasteiger partial charge >= 0.3 is 0 Å². The minimum absolute atomic E-state index is 0.0325. The Morgan fingerprint density at radius 2 is 2.00 bits per heavy atom. The lowest BCUT2D eigenvalue weighted by Gasteiger charge is -1.71. The van der Waals surface area contributed by atoms with E-state index in [0.29, 0.717) is 0 Å². The van der Waals surface area contributed by atoms with Crippen LogP contribution in [0.3, 0.4) is 0 Å². The Morgan fingerprint density at radius 3 is 2.47 bits per heavy atom. The topological polar surface area (TPSA) is 202 Å². The Morgan fingerprint density at radius 1 is 1.47 bits per heavy atom. The van der Waals surface area contributed by atoms with Crippen molar-refractivity contribution < 1.29 is 10.3 Å². The SMILES string of the molecule is O=[N+]([O-])O.[N-]=[N+]=Nc1n[nH]c(N=[N+]=[N-])n1. The first-order valence-electron chi connectivity index (χ1n) is 2.96. The number of H-pyrrole nitrogens is 1. The first-order valence-corrected chi connectivity index (χ1v) is 2.96. The van der Waals surface area contributed by atoms with Crippen LogP contribution in [0.5, 0.6) is 0 Å². The Bertz CT molecular complexity index is 385. The maximum atomic E-state index is 8.36. The number of aromatic amines is 1. The monoisotopic (exact) mass is 214 g/mol. The molecule has 0 aliphatic rings. The standard InChI is InChI=1S/C2HN9.HNO3/c3-10-8-1-5-2(7-6-1)9-11-4;2-1(3)4/h(H,5,6,7);(H,2,3,4). The Hall–Kier alpha value is -3.04.